The number of thiazole rings is 1. The molecule has 1 aromatic heterocycles. The second-order valence-corrected chi connectivity index (χ2v) is 3.62. The van der Waals surface area contributed by atoms with Gasteiger partial charge in [0.2, 0.25) is 6.17 Å². The average molecular weight is 189 g/mol. The Morgan fingerprint density at radius 1 is 1.67 bits per heavy atom. The number of aliphatic carboxylic acids is 1. The van der Waals surface area contributed by atoms with Crippen LogP contribution in [0.5, 0.6) is 0 Å². The number of hydrogen-bond acceptors (Lipinski definition) is 3. The third-order valence-electron chi connectivity index (χ3n) is 1.39. The molecule has 0 aliphatic heterocycles. The lowest BCUT2D eigenvalue weighted by atomic mass is 10.3. The highest BCUT2D eigenvalue weighted by atomic mass is 32.1. The number of carboxylic acids is 1. The summed E-state index contributed by atoms with van der Waals surface area (Å²) in [6.07, 6.45) is -1.93. The van der Waals surface area contributed by atoms with Crippen molar-refractivity contribution in [1.82, 2.24) is 4.98 Å². The summed E-state index contributed by atoms with van der Waals surface area (Å²) in [4.78, 5) is 14.4. The summed E-state index contributed by atoms with van der Waals surface area (Å²) in [5.74, 6) is -1.46. The van der Waals surface area contributed by atoms with Crippen LogP contribution < -0.4 is 0 Å². The third-order valence-corrected chi connectivity index (χ3v) is 2.50. The van der Waals surface area contributed by atoms with Crippen molar-refractivity contribution in [3.8, 4) is 0 Å². The Hall–Kier alpha value is -0.970. The second-order valence-electron chi connectivity index (χ2n) is 2.38. The molecule has 1 atom stereocenters. The van der Waals surface area contributed by atoms with Crippen molar-refractivity contribution >= 4 is 17.3 Å². The topological polar surface area (TPSA) is 50.2 Å². The van der Waals surface area contributed by atoms with Gasteiger partial charge in [-0.3, -0.25) is 0 Å². The molecule has 0 bridgehead atoms. The van der Waals surface area contributed by atoms with Crippen LogP contribution in [0.2, 0.25) is 0 Å². The molecule has 66 valence electrons. The minimum atomic E-state index is -1.93. The van der Waals surface area contributed by atoms with Gasteiger partial charge in [-0.1, -0.05) is 0 Å². The predicted octanol–water partition coefficient (Wildman–Crippen LogP) is 1.86. The lowest BCUT2D eigenvalue weighted by molar-refractivity contribution is -0.142. The van der Waals surface area contributed by atoms with Gasteiger partial charge in [0.1, 0.15) is 0 Å². The zero-order chi connectivity index (χ0) is 9.30. The Morgan fingerprint density at radius 2 is 2.25 bits per heavy atom. The van der Waals surface area contributed by atoms with Crippen molar-refractivity contribution < 1.29 is 14.3 Å². The minimum absolute atomic E-state index is 0.194. The number of carboxylic acid groups (broad SMARTS) is 1. The zero-order valence-electron chi connectivity index (χ0n) is 6.67. The first-order valence-corrected chi connectivity index (χ1v) is 4.15. The molecule has 0 saturated carbocycles. The number of hydrogen-bond donors (Lipinski definition) is 1. The van der Waals surface area contributed by atoms with E-state index in [0.29, 0.717) is 10.7 Å². The average Bonchev–Trinajstić information content (AvgIpc) is 2.28. The lowest BCUT2D eigenvalue weighted by Gasteiger charge is -1.98. The molecule has 1 N–H and O–H groups in total. The molecule has 1 rings (SSSR count). The standard InChI is InChI=1S/C7H8FNO2S/c1-3-6(5(8)7(10)11)12-4(2)9-3/h5H,1-2H3,(H,10,11). The fourth-order valence-corrected chi connectivity index (χ4v) is 1.79. The highest BCUT2D eigenvalue weighted by molar-refractivity contribution is 7.11. The van der Waals surface area contributed by atoms with E-state index in [1.54, 1.807) is 13.8 Å². The van der Waals surface area contributed by atoms with Crippen molar-refractivity contribution in [2.45, 2.75) is 20.0 Å². The maximum atomic E-state index is 12.9. The highest BCUT2D eigenvalue weighted by Gasteiger charge is 2.23. The molecule has 0 fully saturated rings. The summed E-state index contributed by atoms with van der Waals surface area (Å²) in [6.45, 7) is 3.32. The van der Waals surface area contributed by atoms with Gasteiger partial charge in [0.25, 0.3) is 0 Å². The molecule has 1 aromatic rings. The van der Waals surface area contributed by atoms with Crippen LogP contribution in [0.1, 0.15) is 21.8 Å². The number of halogens is 1. The van der Waals surface area contributed by atoms with Gasteiger partial charge < -0.3 is 5.11 Å². The first-order chi connectivity index (χ1) is 5.52. The molecule has 0 aliphatic rings. The number of carbonyl (C=O) groups is 1. The van der Waals surface area contributed by atoms with E-state index < -0.39 is 12.1 Å². The molecule has 5 heteroatoms. The van der Waals surface area contributed by atoms with Crippen LogP contribution in [0.4, 0.5) is 4.39 Å². The zero-order valence-corrected chi connectivity index (χ0v) is 7.48. The smallest absolute Gasteiger partial charge is 0.343 e. The minimum Gasteiger partial charge on any atom is -0.479 e. The molecule has 12 heavy (non-hydrogen) atoms. The van der Waals surface area contributed by atoms with Crippen molar-refractivity contribution in [3.63, 3.8) is 0 Å². The number of rotatable bonds is 2. The quantitative estimate of drug-likeness (QED) is 0.772. The van der Waals surface area contributed by atoms with Gasteiger partial charge in [-0.15, -0.1) is 11.3 Å². The number of aryl methyl sites for hydroxylation is 2. The van der Waals surface area contributed by atoms with Gasteiger partial charge in [0.15, 0.2) is 0 Å². The van der Waals surface area contributed by atoms with Crippen molar-refractivity contribution in [3.05, 3.63) is 15.6 Å². The van der Waals surface area contributed by atoms with E-state index in [0.717, 1.165) is 11.3 Å². The maximum Gasteiger partial charge on any atom is 0.343 e. The predicted molar refractivity (Wildman–Crippen MR) is 43.1 cm³/mol. The molecule has 0 aromatic carbocycles. The summed E-state index contributed by atoms with van der Waals surface area (Å²) >= 11 is 1.08. The van der Waals surface area contributed by atoms with Crippen LogP contribution in [-0.2, 0) is 4.79 Å². The van der Waals surface area contributed by atoms with Crippen LogP contribution in [-0.4, -0.2) is 16.1 Å². The summed E-state index contributed by atoms with van der Waals surface area (Å²) in [6, 6.07) is 0. The Kier molecular flexibility index (Phi) is 2.42. The van der Waals surface area contributed by atoms with Crippen LogP contribution in [0, 0.1) is 13.8 Å². The number of alkyl halides is 1. The Bertz CT molecular complexity index is 310. The number of aromatic nitrogens is 1. The molecule has 0 saturated heterocycles. The fourth-order valence-electron chi connectivity index (χ4n) is 0.894. The van der Waals surface area contributed by atoms with Gasteiger partial charge >= 0.3 is 5.97 Å². The summed E-state index contributed by atoms with van der Waals surface area (Å²) < 4.78 is 12.9. The van der Waals surface area contributed by atoms with Crippen LogP contribution in [0.3, 0.4) is 0 Å². The van der Waals surface area contributed by atoms with E-state index in [4.69, 9.17) is 5.11 Å². The SMILES string of the molecule is Cc1nc(C)c(C(F)C(=O)O)s1. The highest BCUT2D eigenvalue weighted by Crippen LogP contribution is 2.27. The number of nitrogens with zero attached hydrogens (tertiary/aromatic N) is 1. The lowest BCUT2D eigenvalue weighted by Crippen LogP contribution is -2.05. The van der Waals surface area contributed by atoms with Crippen molar-refractivity contribution in [1.29, 1.82) is 0 Å². The molecule has 0 spiro atoms. The molecular formula is C7H8FNO2S. The van der Waals surface area contributed by atoms with E-state index in [2.05, 4.69) is 4.98 Å². The van der Waals surface area contributed by atoms with Crippen LogP contribution in [0.15, 0.2) is 0 Å². The summed E-state index contributed by atoms with van der Waals surface area (Å²) in [5, 5.41) is 9.06. The van der Waals surface area contributed by atoms with Gasteiger partial charge in [-0.05, 0) is 13.8 Å². The molecule has 1 unspecified atom stereocenters. The monoisotopic (exact) mass is 189 g/mol. The van der Waals surface area contributed by atoms with Gasteiger partial charge in [-0.2, -0.15) is 0 Å². The molecule has 0 amide bonds. The van der Waals surface area contributed by atoms with Crippen molar-refractivity contribution in [2.24, 2.45) is 0 Å². The summed E-state index contributed by atoms with van der Waals surface area (Å²) in [7, 11) is 0. The van der Waals surface area contributed by atoms with E-state index in [-0.39, 0.29) is 4.88 Å². The molecule has 0 aliphatic carbocycles. The molecular weight excluding hydrogens is 181 g/mol. The largest absolute Gasteiger partial charge is 0.479 e. The Labute approximate surface area is 72.9 Å². The third kappa shape index (κ3) is 1.61. The fraction of sp³-hybridized carbons (Fsp3) is 0.429. The molecule has 1 heterocycles. The van der Waals surface area contributed by atoms with Crippen molar-refractivity contribution in [2.75, 3.05) is 0 Å². The van der Waals surface area contributed by atoms with Gasteiger partial charge in [0, 0.05) is 0 Å². The normalized spacial score (nSPS) is 12.9. The second kappa shape index (κ2) is 3.18. The molecule has 0 radical (unpaired) electrons. The first-order valence-electron chi connectivity index (χ1n) is 3.33. The Balaban J connectivity index is 3.02. The molecule has 3 nitrogen and oxygen atoms in total. The van der Waals surface area contributed by atoms with E-state index >= 15 is 0 Å². The Morgan fingerprint density at radius 3 is 2.58 bits per heavy atom. The summed E-state index contributed by atoms with van der Waals surface area (Å²) in [5.41, 5.74) is 0.465. The maximum absolute atomic E-state index is 12.9. The van der Waals surface area contributed by atoms with E-state index in [1.165, 1.54) is 0 Å². The van der Waals surface area contributed by atoms with Gasteiger partial charge in [0.05, 0.1) is 15.6 Å². The van der Waals surface area contributed by atoms with Crippen LogP contribution in [0.25, 0.3) is 0 Å². The van der Waals surface area contributed by atoms with Gasteiger partial charge in [-0.25, -0.2) is 14.2 Å². The van der Waals surface area contributed by atoms with Crippen LogP contribution >= 0.6 is 11.3 Å². The first kappa shape index (κ1) is 9.12. The van der Waals surface area contributed by atoms with E-state index in [9.17, 15) is 9.18 Å². The van der Waals surface area contributed by atoms with E-state index in [1.807, 2.05) is 0 Å².